The molecular formula is C12H15N5. The quantitative estimate of drug-likeness (QED) is 0.841. The molecule has 0 bridgehead atoms. The van der Waals surface area contributed by atoms with Crippen molar-refractivity contribution in [2.45, 2.75) is 0 Å². The predicted octanol–water partition coefficient (Wildman–Crippen LogP) is 1.87. The maximum atomic E-state index is 5.79. The van der Waals surface area contributed by atoms with Gasteiger partial charge in [0, 0.05) is 14.1 Å². The first kappa shape index (κ1) is 11.2. The van der Waals surface area contributed by atoms with E-state index in [1.165, 1.54) is 6.33 Å². The minimum atomic E-state index is 0.529. The minimum absolute atomic E-state index is 0.529. The molecule has 0 unspecified atom stereocenters. The maximum absolute atomic E-state index is 5.79. The molecule has 0 amide bonds. The van der Waals surface area contributed by atoms with Crippen LogP contribution >= 0.6 is 0 Å². The lowest BCUT2D eigenvalue weighted by Gasteiger charge is -2.18. The minimum Gasteiger partial charge on any atom is -0.394 e. The summed E-state index contributed by atoms with van der Waals surface area (Å²) in [5.41, 5.74) is 8.36. The number of nitrogens with one attached hydrogen (secondary N) is 1. The summed E-state index contributed by atoms with van der Waals surface area (Å²) in [4.78, 5) is 9.99. The zero-order chi connectivity index (χ0) is 12.3. The normalized spacial score (nSPS) is 10.0. The van der Waals surface area contributed by atoms with Crippen molar-refractivity contribution >= 4 is 22.9 Å². The lowest BCUT2D eigenvalue weighted by Crippen LogP contribution is -2.11. The molecular weight excluding hydrogens is 214 g/mol. The summed E-state index contributed by atoms with van der Waals surface area (Å²) in [6, 6.07) is 7.97. The van der Waals surface area contributed by atoms with E-state index in [4.69, 9.17) is 5.73 Å². The Labute approximate surface area is 100 Å². The summed E-state index contributed by atoms with van der Waals surface area (Å²) < 4.78 is 0. The van der Waals surface area contributed by atoms with Crippen LogP contribution in [-0.4, -0.2) is 24.1 Å². The zero-order valence-electron chi connectivity index (χ0n) is 9.88. The lowest BCUT2D eigenvalue weighted by atomic mass is 10.2. The molecule has 1 heterocycles. The van der Waals surface area contributed by atoms with Crippen molar-refractivity contribution in [1.29, 1.82) is 0 Å². The predicted molar refractivity (Wildman–Crippen MR) is 70.5 cm³/mol. The molecule has 1 aromatic heterocycles. The molecule has 0 aliphatic carbocycles. The monoisotopic (exact) mass is 229 g/mol. The smallest absolute Gasteiger partial charge is 0.157 e. The molecule has 3 N–H and O–H groups in total. The summed E-state index contributed by atoms with van der Waals surface area (Å²) in [5.74, 6) is 0.620. The summed E-state index contributed by atoms with van der Waals surface area (Å²) in [7, 11) is 3.98. The van der Waals surface area contributed by atoms with Crippen LogP contribution in [0.5, 0.6) is 0 Å². The third kappa shape index (κ3) is 2.44. The van der Waals surface area contributed by atoms with Crippen LogP contribution in [0.3, 0.4) is 0 Å². The van der Waals surface area contributed by atoms with Crippen LogP contribution in [0.25, 0.3) is 0 Å². The van der Waals surface area contributed by atoms with Gasteiger partial charge in [0.25, 0.3) is 0 Å². The highest BCUT2D eigenvalue weighted by atomic mass is 15.1. The first-order valence-corrected chi connectivity index (χ1v) is 5.27. The van der Waals surface area contributed by atoms with E-state index in [-0.39, 0.29) is 0 Å². The van der Waals surface area contributed by atoms with E-state index < -0.39 is 0 Å². The highest BCUT2D eigenvalue weighted by Crippen LogP contribution is 2.27. The Balaban J connectivity index is 2.34. The Morgan fingerprint density at radius 2 is 2.00 bits per heavy atom. The number of anilines is 4. The lowest BCUT2D eigenvalue weighted by molar-refractivity contribution is 1.13. The molecule has 0 fully saturated rings. The standard InChI is InChI=1S/C12H15N5/c1-17(2)11-6-4-3-5-10(11)16-12-9(13)7-14-8-15-12/h3-8H,13H2,1-2H3,(H,14,15,16). The third-order valence-corrected chi connectivity index (χ3v) is 2.38. The molecule has 0 spiro atoms. The van der Waals surface area contributed by atoms with Gasteiger partial charge in [0.05, 0.1) is 23.3 Å². The van der Waals surface area contributed by atoms with Gasteiger partial charge in [-0.25, -0.2) is 9.97 Å². The van der Waals surface area contributed by atoms with Gasteiger partial charge in [0.15, 0.2) is 5.82 Å². The molecule has 0 aliphatic rings. The number of aromatic nitrogens is 2. The zero-order valence-corrected chi connectivity index (χ0v) is 9.88. The van der Waals surface area contributed by atoms with Gasteiger partial charge in [-0.2, -0.15) is 0 Å². The molecule has 0 atom stereocenters. The van der Waals surface area contributed by atoms with Gasteiger partial charge in [0.2, 0.25) is 0 Å². The van der Waals surface area contributed by atoms with Gasteiger partial charge < -0.3 is 16.0 Å². The Morgan fingerprint density at radius 1 is 1.24 bits per heavy atom. The summed E-state index contributed by atoms with van der Waals surface area (Å²) in [6.45, 7) is 0. The Bertz CT molecular complexity index is 510. The number of hydrogen-bond acceptors (Lipinski definition) is 5. The average Bonchev–Trinajstić information content (AvgIpc) is 2.32. The van der Waals surface area contributed by atoms with Crippen molar-refractivity contribution in [3.8, 4) is 0 Å². The first-order chi connectivity index (χ1) is 8.18. The molecule has 1 aromatic carbocycles. The van der Waals surface area contributed by atoms with Gasteiger partial charge in [-0.05, 0) is 12.1 Å². The Kier molecular flexibility index (Phi) is 3.09. The molecule has 2 aromatic rings. The molecule has 2 rings (SSSR count). The highest BCUT2D eigenvalue weighted by molar-refractivity contribution is 5.77. The van der Waals surface area contributed by atoms with Gasteiger partial charge in [-0.1, -0.05) is 12.1 Å². The van der Waals surface area contributed by atoms with E-state index in [0.717, 1.165) is 11.4 Å². The van der Waals surface area contributed by atoms with Crippen molar-refractivity contribution in [3.63, 3.8) is 0 Å². The van der Waals surface area contributed by atoms with E-state index in [1.54, 1.807) is 6.20 Å². The van der Waals surface area contributed by atoms with E-state index >= 15 is 0 Å². The van der Waals surface area contributed by atoms with Crippen molar-refractivity contribution in [1.82, 2.24) is 9.97 Å². The second-order valence-corrected chi connectivity index (χ2v) is 3.86. The van der Waals surface area contributed by atoms with Crippen molar-refractivity contribution < 1.29 is 0 Å². The average molecular weight is 229 g/mol. The van der Waals surface area contributed by atoms with Crippen LogP contribution in [0.4, 0.5) is 22.9 Å². The van der Waals surface area contributed by atoms with Crippen LogP contribution in [0.15, 0.2) is 36.8 Å². The summed E-state index contributed by atoms with van der Waals surface area (Å²) in [6.07, 6.45) is 3.05. The molecule has 0 radical (unpaired) electrons. The molecule has 17 heavy (non-hydrogen) atoms. The van der Waals surface area contributed by atoms with E-state index in [1.807, 2.05) is 43.3 Å². The maximum Gasteiger partial charge on any atom is 0.157 e. The fourth-order valence-electron chi connectivity index (χ4n) is 1.54. The fourth-order valence-corrected chi connectivity index (χ4v) is 1.54. The van der Waals surface area contributed by atoms with Crippen molar-refractivity contribution in [2.24, 2.45) is 0 Å². The van der Waals surface area contributed by atoms with Crippen LogP contribution in [0.2, 0.25) is 0 Å². The van der Waals surface area contributed by atoms with Gasteiger partial charge in [0.1, 0.15) is 6.33 Å². The van der Waals surface area contributed by atoms with Crippen LogP contribution < -0.4 is 16.0 Å². The molecule has 5 nitrogen and oxygen atoms in total. The number of nitrogen functional groups attached to an aromatic ring is 1. The topological polar surface area (TPSA) is 67.1 Å². The number of nitrogens with two attached hydrogens (primary N) is 1. The van der Waals surface area contributed by atoms with Crippen LogP contribution in [-0.2, 0) is 0 Å². The Hall–Kier alpha value is -2.30. The number of nitrogens with zero attached hydrogens (tertiary/aromatic N) is 3. The third-order valence-electron chi connectivity index (χ3n) is 2.38. The molecule has 5 heteroatoms. The highest BCUT2D eigenvalue weighted by Gasteiger charge is 2.06. The van der Waals surface area contributed by atoms with Crippen LogP contribution in [0, 0.1) is 0 Å². The molecule has 88 valence electrons. The fraction of sp³-hybridized carbons (Fsp3) is 0.167. The number of benzene rings is 1. The van der Waals surface area contributed by atoms with Gasteiger partial charge in [-0.15, -0.1) is 0 Å². The van der Waals surface area contributed by atoms with E-state index in [0.29, 0.717) is 11.5 Å². The molecule has 0 saturated heterocycles. The van der Waals surface area contributed by atoms with Crippen molar-refractivity contribution in [2.75, 3.05) is 30.0 Å². The Morgan fingerprint density at radius 3 is 2.71 bits per heavy atom. The second kappa shape index (κ2) is 4.69. The molecule has 0 aliphatic heterocycles. The largest absolute Gasteiger partial charge is 0.394 e. The molecule has 0 saturated carbocycles. The second-order valence-electron chi connectivity index (χ2n) is 3.86. The SMILES string of the molecule is CN(C)c1ccccc1Nc1ncncc1N. The van der Waals surface area contributed by atoms with Gasteiger partial charge >= 0.3 is 0 Å². The van der Waals surface area contributed by atoms with Crippen LogP contribution in [0.1, 0.15) is 0 Å². The summed E-state index contributed by atoms with van der Waals surface area (Å²) >= 11 is 0. The summed E-state index contributed by atoms with van der Waals surface area (Å²) in [5, 5.41) is 3.20. The number of rotatable bonds is 3. The van der Waals surface area contributed by atoms with Crippen molar-refractivity contribution in [3.05, 3.63) is 36.8 Å². The van der Waals surface area contributed by atoms with E-state index in [9.17, 15) is 0 Å². The first-order valence-electron chi connectivity index (χ1n) is 5.27. The number of para-hydroxylation sites is 2. The van der Waals surface area contributed by atoms with E-state index in [2.05, 4.69) is 15.3 Å². The van der Waals surface area contributed by atoms with Gasteiger partial charge in [-0.3, -0.25) is 0 Å². The number of hydrogen-bond donors (Lipinski definition) is 2.